The van der Waals surface area contributed by atoms with E-state index in [0.717, 1.165) is 5.56 Å². The first-order chi connectivity index (χ1) is 8.58. The molecule has 0 spiro atoms. The van der Waals surface area contributed by atoms with Crippen molar-refractivity contribution in [3.63, 3.8) is 0 Å². The van der Waals surface area contributed by atoms with E-state index in [9.17, 15) is 0 Å². The minimum Gasteiger partial charge on any atom is -0.481 e. The first kappa shape index (κ1) is 12.4. The van der Waals surface area contributed by atoms with Gasteiger partial charge in [-0.25, -0.2) is 0 Å². The molecule has 0 atom stereocenters. The second kappa shape index (κ2) is 5.10. The summed E-state index contributed by atoms with van der Waals surface area (Å²) in [5.74, 6) is 1.36. The number of benzene rings is 1. The van der Waals surface area contributed by atoms with Gasteiger partial charge in [0.25, 0.3) is 0 Å². The van der Waals surface area contributed by atoms with E-state index in [0.29, 0.717) is 22.5 Å². The molecule has 2 N–H and O–H groups in total. The van der Waals surface area contributed by atoms with Crippen molar-refractivity contribution in [3.8, 4) is 17.5 Å². The van der Waals surface area contributed by atoms with Gasteiger partial charge >= 0.3 is 0 Å². The molecule has 2 rings (SSSR count). The molecule has 0 aliphatic carbocycles. The summed E-state index contributed by atoms with van der Waals surface area (Å²) in [5.41, 5.74) is 6.49. The van der Waals surface area contributed by atoms with Crippen LogP contribution in [0.25, 0.3) is 0 Å². The van der Waals surface area contributed by atoms with Crippen LogP contribution in [0.2, 0.25) is 5.02 Å². The van der Waals surface area contributed by atoms with E-state index in [4.69, 9.17) is 26.8 Å². The van der Waals surface area contributed by atoms with Crippen LogP contribution in [0.15, 0.2) is 24.3 Å². The lowest BCUT2D eigenvalue weighted by molar-refractivity contribution is 0.389. The highest BCUT2D eigenvalue weighted by molar-refractivity contribution is 6.30. The van der Waals surface area contributed by atoms with Gasteiger partial charge in [0.15, 0.2) is 0 Å². The molecule has 2 aromatic rings. The number of anilines is 1. The average Bonchev–Trinajstić information content (AvgIpc) is 2.33. The van der Waals surface area contributed by atoms with Crippen LogP contribution in [0.4, 0.5) is 5.95 Å². The molecular formula is C12H12ClN3O2. The normalized spacial score (nSPS) is 10.2. The molecule has 0 fully saturated rings. The van der Waals surface area contributed by atoms with Gasteiger partial charge < -0.3 is 15.2 Å². The van der Waals surface area contributed by atoms with Gasteiger partial charge in [-0.3, -0.25) is 0 Å². The van der Waals surface area contributed by atoms with Crippen LogP contribution in [0.1, 0.15) is 5.56 Å². The molecule has 1 aromatic carbocycles. The highest BCUT2D eigenvalue weighted by Gasteiger charge is 2.07. The van der Waals surface area contributed by atoms with Crippen LogP contribution in [0.5, 0.6) is 17.5 Å². The Morgan fingerprint density at radius 1 is 1.17 bits per heavy atom. The molecule has 0 unspecified atom stereocenters. The molecule has 0 saturated heterocycles. The number of aryl methyl sites for hydroxylation is 1. The predicted molar refractivity (Wildman–Crippen MR) is 69.3 cm³/mol. The third-order valence-corrected chi connectivity index (χ3v) is 2.51. The topological polar surface area (TPSA) is 70.3 Å². The first-order valence-electron chi connectivity index (χ1n) is 5.21. The molecule has 1 aromatic heterocycles. The maximum atomic E-state index is 5.91. The smallest absolute Gasteiger partial charge is 0.227 e. The van der Waals surface area contributed by atoms with Gasteiger partial charge in [0.1, 0.15) is 5.75 Å². The summed E-state index contributed by atoms with van der Waals surface area (Å²) >= 11 is 5.91. The molecule has 0 bridgehead atoms. The van der Waals surface area contributed by atoms with Crippen molar-refractivity contribution in [1.29, 1.82) is 0 Å². The molecule has 0 aliphatic rings. The Labute approximate surface area is 110 Å². The number of hydrogen-bond donors (Lipinski definition) is 1. The summed E-state index contributed by atoms with van der Waals surface area (Å²) in [6.45, 7) is 1.91. The quantitative estimate of drug-likeness (QED) is 0.924. The molecule has 1 heterocycles. The number of aromatic nitrogens is 2. The minimum absolute atomic E-state index is 0.0871. The largest absolute Gasteiger partial charge is 0.481 e. The Morgan fingerprint density at radius 3 is 2.61 bits per heavy atom. The lowest BCUT2D eigenvalue weighted by Crippen LogP contribution is -2.00. The monoisotopic (exact) mass is 265 g/mol. The fraction of sp³-hybridized carbons (Fsp3) is 0.167. The summed E-state index contributed by atoms with van der Waals surface area (Å²) in [4.78, 5) is 7.84. The van der Waals surface area contributed by atoms with Crippen LogP contribution in [-0.2, 0) is 0 Å². The second-order valence-electron chi connectivity index (χ2n) is 3.62. The van der Waals surface area contributed by atoms with Gasteiger partial charge in [-0.1, -0.05) is 17.7 Å². The minimum atomic E-state index is 0.0871. The first-order valence-corrected chi connectivity index (χ1v) is 5.59. The summed E-state index contributed by atoms with van der Waals surface area (Å²) in [5, 5.41) is 0.588. The Hall–Kier alpha value is -2.01. The molecule has 0 saturated carbocycles. The maximum Gasteiger partial charge on any atom is 0.227 e. The van der Waals surface area contributed by atoms with E-state index in [1.807, 2.05) is 13.0 Å². The van der Waals surface area contributed by atoms with Crippen molar-refractivity contribution in [3.05, 3.63) is 34.9 Å². The van der Waals surface area contributed by atoms with Crippen molar-refractivity contribution >= 4 is 17.5 Å². The third kappa shape index (κ3) is 2.81. The molecule has 94 valence electrons. The lowest BCUT2D eigenvalue weighted by Gasteiger charge is -2.09. The van der Waals surface area contributed by atoms with Gasteiger partial charge in [0.2, 0.25) is 17.7 Å². The van der Waals surface area contributed by atoms with E-state index >= 15 is 0 Å². The van der Waals surface area contributed by atoms with Crippen LogP contribution < -0.4 is 15.2 Å². The Morgan fingerprint density at radius 2 is 1.89 bits per heavy atom. The Bertz CT molecular complexity index is 575. The molecule has 6 heteroatoms. The number of ether oxygens (including phenoxy) is 2. The highest BCUT2D eigenvalue weighted by Crippen LogP contribution is 2.28. The summed E-state index contributed by atoms with van der Waals surface area (Å²) in [6, 6.07) is 6.91. The zero-order chi connectivity index (χ0) is 13.1. The van der Waals surface area contributed by atoms with Gasteiger partial charge in [-0.15, -0.1) is 0 Å². The summed E-state index contributed by atoms with van der Waals surface area (Å²) in [7, 11) is 1.50. The second-order valence-corrected chi connectivity index (χ2v) is 4.06. The zero-order valence-electron chi connectivity index (χ0n) is 9.98. The molecule has 0 amide bonds. The number of rotatable bonds is 3. The Kier molecular flexibility index (Phi) is 3.53. The zero-order valence-corrected chi connectivity index (χ0v) is 10.7. The standard InChI is InChI=1S/C12H12ClN3O2/c1-7-3-4-8(13)5-9(7)18-11-6-10(17-2)15-12(14)16-11/h3-6H,1-2H3,(H2,14,15,16). The van der Waals surface area contributed by atoms with E-state index in [2.05, 4.69) is 9.97 Å². The van der Waals surface area contributed by atoms with Gasteiger partial charge in [0, 0.05) is 5.02 Å². The van der Waals surface area contributed by atoms with Gasteiger partial charge in [-0.05, 0) is 24.6 Å². The lowest BCUT2D eigenvalue weighted by atomic mass is 10.2. The number of nitrogens with two attached hydrogens (primary N) is 1. The maximum absolute atomic E-state index is 5.91. The number of hydrogen-bond acceptors (Lipinski definition) is 5. The van der Waals surface area contributed by atoms with Gasteiger partial charge in [-0.2, -0.15) is 9.97 Å². The summed E-state index contributed by atoms with van der Waals surface area (Å²) < 4.78 is 10.6. The number of nitrogen functional groups attached to an aromatic ring is 1. The number of halogens is 1. The van der Waals surface area contributed by atoms with Crippen LogP contribution in [0.3, 0.4) is 0 Å². The fourth-order valence-electron chi connectivity index (χ4n) is 1.37. The predicted octanol–water partition coefficient (Wildman–Crippen LogP) is 2.82. The Balaban J connectivity index is 2.33. The van der Waals surface area contributed by atoms with Crippen molar-refractivity contribution in [2.45, 2.75) is 6.92 Å². The van der Waals surface area contributed by atoms with Crippen LogP contribution in [-0.4, -0.2) is 17.1 Å². The van der Waals surface area contributed by atoms with Crippen molar-refractivity contribution < 1.29 is 9.47 Å². The average molecular weight is 266 g/mol. The number of methoxy groups -OCH3 is 1. The van der Waals surface area contributed by atoms with Crippen molar-refractivity contribution in [2.24, 2.45) is 0 Å². The SMILES string of the molecule is COc1cc(Oc2cc(Cl)ccc2C)nc(N)n1. The van der Waals surface area contributed by atoms with E-state index in [1.54, 1.807) is 18.2 Å². The van der Waals surface area contributed by atoms with Crippen molar-refractivity contribution in [2.75, 3.05) is 12.8 Å². The van der Waals surface area contributed by atoms with Crippen LogP contribution >= 0.6 is 11.6 Å². The highest BCUT2D eigenvalue weighted by atomic mass is 35.5. The van der Waals surface area contributed by atoms with E-state index < -0.39 is 0 Å². The van der Waals surface area contributed by atoms with Gasteiger partial charge in [0.05, 0.1) is 13.2 Å². The fourth-order valence-corrected chi connectivity index (χ4v) is 1.54. The molecule has 18 heavy (non-hydrogen) atoms. The van der Waals surface area contributed by atoms with Crippen molar-refractivity contribution in [1.82, 2.24) is 9.97 Å². The summed E-state index contributed by atoms with van der Waals surface area (Å²) in [6.07, 6.45) is 0. The third-order valence-electron chi connectivity index (χ3n) is 2.27. The van der Waals surface area contributed by atoms with E-state index in [-0.39, 0.29) is 5.95 Å². The molecule has 0 radical (unpaired) electrons. The molecular weight excluding hydrogens is 254 g/mol. The molecule has 5 nitrogen and oxygen atoms in total. The van der Waals surface area contributed by atoms with E-state index in [1.165, 1.54) is 7.11 Å². The van der Waals surface area contributed by atoms with Crippen LogP contribution in [0, 0.1) is 6.92 Å². The molecule has 0 aliphatic heterocycles. The number of nitrogens with zero attached hydrogens (tertiary/aromatic N) is 2.